The molecule has 0 aliphatic heterocycles. The maximum absolute atomic E-state index is 8.50. The Balaban J connectivity index is 2.22. The van der Waals surface area contributed by atoms with Gasteiger partial charge in [0.05, 0.1) is 13.2 Å². The fraction of sp³-hybridized carbons (Fsp3) is 0.500. The van der Waals surface area contributed by atoms with Crippen molar-refractivity contribution < 1.29 is 9.25 Å². The summed E-state index contributed by atoms with van der Waals surface area (Å²) >= 11 is 0. The highest BCUT2D eigenvalue weighted by Crippen LogP contribution is 2.05. The zero-order valence-electron chi connectivity index (χ0n) is 8.41. The minimum atomic E-state index is 0.325. The van der Waals surface area contributed by atoms with Gasteiger partial charge in [0.15, 0.2) is 0 Å². The van der Waals surface area contributed by atoms with E-state index in [0.717, 1.165) is 0 Å². The Kier molecular flexibility index (Phi) is 4.17. The summed E-state index contributed by atoms with van der Waals surface area (Å²) in [5.74, 6) is 1.52. The van der Waals surface area contributed by atoms with Gasteiger partial charge in [-0.2, -0.15) is 10.7 Å². The molecular formula is C10H14N2O2. The van der Waals surface area contributed by atoms with Gasteiger partial charge >= 0.3 is 0 Å². The van der Waals surface area contributed by atoms with Gasteiger partial charge in [-0.3, -0.25) is 0 Å². The number of nitrogens with zero attached hydrogens (tertiary/aromatic N) is 1. The third-order valence-corrected chi connectivity index (χ3v) is 1.54. The second kappa shape index (κ2) is 5.43. The molecule has 4 nitrogen and oxygen atoms in total. The third kappa shape index (κ3) is 3.60. The molecule has 0 amide bonds. The molecule has 0 unspecified atom stereocenters. The standard InChI is InChI=1S/C10H14N2O2/c1-8(2)7-13-12-6-10-4-3-9(5-11)14-10/h3-4,8,12H,6-7H2,1-2H3. The van der Waals surface area contributed by atoms with Gasteiger partial charge in [-0.05, 0) is 18.1 Å². The molecule has 1 rings (SSSR count). The molecular weight excluding hydrogens is 180 g/mol. The summed E-state index contributed by atoms with van der Waals surface area (Å²) in [6, 6.07) is 5.31. The molecule has 0 saturated heterocycles. The van der Waals surface area contributed by atoms with Crippen LogP contribution in [0.4, 0.5) is 0 Å². The number of nitriles is 1. The van der Waals surface area contributed by atoms with Crippen LogP contribution in [0.2, 0.25) is 0 Å². The van der Waals surface area contributed by atoms with Crippen LogP contribution in [0, 0.1) is 17.2 Å². The van der Waals surface area contributed by atoms with Gasteiger partial charge in [0.1, 0.15) is 11.8 Å². The molecule has 0 aliphatic carbocycles. The topological polar surface area (TPSA) is 58.2 Å². The molecule has 0 atom stereocenters. The highest BCUT2D eigenvalue weighted by atomic mass is 16.6. The molecule has 0 aliphatic rings. The van der Waals surface area contributed by atoms with E-state index < -0.39 is 0 Å². The van der Waals surface area contributed by atoms with E-state index in [-0.39, 0.29) is 0 Å². The summed E-state index contributed by atoms with van der Waals surface area (Å²) in [4.78, 5) is 5.15. The molecule has 0 bridgehead atoms. The lowest BCUT2D eigenvalue weighted by Gasteiger charge is -2.05. The first-order valence-electron chi connectivity index (χ1n) is 4.56. The lowest BCUT2D eigenvalue weighted by Crippen LogP contribution is -2.16. The molecule has 0 fully saturated rings. The van der Waals surface area contributed by atoms with Crippen molar-refractivity contribution in [3.8, 4) is 6.07 Å². The van der Waals surface area contributed by atoms with Crippen LogP contribution in [-0.2, 0) is 11.4 Å². The quantitative estimate of drug-likeness (QED) is 0.574. The van der Waals surface area contributed by atoms with E-state index in [4.69, 9.17) is 14.5 Å². The molecule has 76 valence electrons. The first-order chi connectivity index (χ1) is 6.72. The molecule has 0 spiro atoms. The van der Waals surface area contributed by atoms with Gasteiger partial charge in [0, 0.05) is 0 Å². The minimum Gasteiger partial charge on any atom is -0.449 e. The molecule has 1 aromatic rings. The van der Waals surface area contributed by atoms with Crippen molar-refractivity contribution in [1.29, 1.82) is 5.26 Å². The largest absolute Gasteiger partial charge is 0.449 e. The number of hydroxylamine groups is 1. The van der Waals surface area contributed by atoms with Gasteiger partial charge in [0.2, 0.25) is 5.76 Å². The fourth-order valence-corrected chi connectivity index (χ4v) is 0.881. The van der Waals surface area contributed by atoms with Crippen molar-refractivity contribution in [3.05, 3.63) is 23.7 Å². The highest BCUT2D eigenvalue weighted by molar-refractivity contribution is 5.18. The van der Waals surface area contributed by atoms with Gasteiger partial charge in [0.25, 0.3) is 0 Å². The highest BCUT2D eigenvalue weighted by Gasteiger charge is 2.00. The van der Waals surface area contributed by atoms with Crippen LogP contribution >= 0.6 is 0 Å². The first-order valence-corrected chi connectivity index (χ1v) is 4.56. The van der Waals surface area contributed by atoms with E-state index in [0.29, 0.717) is 30.6 Å². The van der Waals surface area contributed by atoms with Crippen molar-refractivity contribution in [3.63, 3.8) is 0 Å². The first kappa shape index (κ1) is 10.8. The van der Waals surface area contributed by atoms with Crippen LogP contribution < -0.4 is 5.48 Å². The van der Waals surface area contributed by atoms with E-state index in [9.17, 15) is 0 Å². The monoisotopic (exact) mass is 194 g/mol. The lowest BCUT2D eigenvalue weighted by atomic mass is 10.2. The Morgan fingerprint density at radius 2 is 2.36 bits per heavy atom. The Morgan fingerprint density at radius 3 is 2.93 bits per heavy atom. The SMILES string of the molecule is CC(C)CONCc1ccc(C#N)o1. The Bertz CT molecular complexity index is 312. The summed E-state index contributed by atoms with van der Waals surface area (Å²) in [5, 5.41) is 8.50. The third-order valence-electron chi connectivity index (χ3n) is 1.54. The van der Waals surface area contributed by atoms with Crippen LogP contribution in [0.3, 0.4) is 0 Å². The molecule has 0 radical (unpaired) electrons. The van der Waals surface area contributed by atoms with E-state index >= 15 is 0 Å². The molecule has 0 aromatic carbocycles. The van der Waals surface area contributed by atoms with Gasteiger partial charge < -0.3 is 9.25 Å². The van der Waals surface area contributed by atoms with E-state index in [1.165, 1.54) is 0 Å². The van der Waals surface area contributed by atoms with Gasteiger partial charge in [-0.15, -0.1) is 0 Å². The normalized spacial score (nSPS) is 10.4. The number of rotatable bonds is 5. The van der Waals surface area contributed by atoms with Crippen molar-refractivity contribution in [1.82, 2.24) is 5.48 Å². The average molecular weight is 194 g/mol. The van der Waals surface area contributed by atoms with Crippen molar-refractivity contribution in [2.75, 3.05) is 6.61 Å². The molecule has 1 aromatic heterocycles. The summed E-state index contributed by atoms with van der Waals surface area (Å²) < 4.78 is 5.14. The molecule has 14 heavy (non-hydrogen) atoms. The average Bonchev–Trinajstić information content (AvgIpc) is 2.60. The summed E-state index contributed by atoms with van der Waals surface area (Å²) in [6.45, 7) is 5.28. The predicted molar refractivity (Wildman–Crippen MR) is 51.1 cm³/mol. The van der Waals surface area contributed by atoms with Crippen LogP contribution in [0.1, 0.15) is 25.4 Å². The molecule has 0 saturated carbocycles. The van der Waals surface area contributed by atoms with Crippen LogP contribution in [0.25, 0.3) is 0 Å². The minimum absolute atomic E-state index is 0.325. The molecule has 1 N–H and O–H groups in total. The zero-order valence-corrected chi connectivity index (χ0v) is 8.41. The summed E-state index contributed by atoms with van der Waals surface area (Å²) in [6.07, 6.45) is 0. The van der Waals surface area contributed by atoms with E-state index in [1.54, 1.807) is 12.1 Å². The second-order valence-corrected chi connectivity index (χ2v) is 3.40. The van der Waals surface area contributed by atoms with Crippen LogP contribution in [0.15, 0.2) is 16.5 Å². The number of hydrogen-bond donors (Lipinski definition) is 1. The molecule has 1 heterocycles. The maximum Gasteiger partial charge on any atom is 0.203 e. The number of hydrogen-bond acceptors (Lipinski definition) is 4. The van der Waals surface area contributed by atoms with Crippen LogP contribution in [0.5, 0.6) is 0 Å². The second-order valence-electron chi connectivity index (χ2n) is 3.40. The van der Waals surface area contributed by atoms with E-state index in [1.807, 2.05) is 6.07 Å². The van der Waals surface area contributed by atoms with Crippen molar-refractivity contribution in [2.45, 2.75) is 20.4 Å². The lowest BCUT2D eigenvalue weighted by molar-refractivity contribution is 0.0165. The predicted octanol–water partition coefficient (Wildman–Crippen LogP) is 1.83. The van der Waals surface area contributed by atoms with Crippen LogP contribution in [-0.4, -0.2) is 6.61 Å². The summed E-state index contributed by atoms with van der Waals surface area (Å²) in [7, 11) is 0. The van der Waals surface area contributed by atoms with Gasteiger partial charge in [-0.25, -0.2) is 0 Å². The summed E-state index contributed by atoms with van der Waals surface area (Å²) in [5.41, 5.74) is 2.77. The van der Waals surface area contributed by atoms with E-state index in [2.05, 4.69) is 19.3 Å². The maximum atomic E-state index is 8.50. The van der Waals surface area contributed by atoms with Crippen molar-refractivity contribution in [2.24, 2.45) is 5.92 Å². The number of nitrogens with one attached hydrogen (secondary N) is 1. The Labute approximate surface area is 83.4 Å². The smallest absolute Gasteiger partial charge is 0.203 e. The van der Waals surface area contributed by atoms with Gasteiger partial charge in [-0.1, -0.05) is 13.8 Å². The Morgan fingerprint density at radius 1 is 1.57 bits per heavy atom. The fourth-order valence-electron chi connectivity index (χ4n) is 0.881. The van der Waals surface area contributed by atoms with Crippen molar-refractivity contribution >= 4 is 0 Å². The molecule has 4 heteroatoms. The Hall–Kier alpha value is -1.31. The number of furan rings is 1. The zero-order chi connectivity index (χ0) is 10.4.